The average molecular weight is 376 g/mol. The van der Waals surface area contributed by atoms with Crippen LogP contribution in [0.25, 0.3) is 0 Å². The molecule has 144 valence electrons. The zero-order valence-electron chi connectivity index (χ0n) is 16.0. The van der Waals surface area contributed by atoms with Crippen LogP contribution in [0.2, 0.25) is 0 Å². The summed E-state index contributed by atoms with van der Waals surface area (Å²) in [6.07, 6.45) is 2.51. The molecule has 28 heavy (non-hydrogen) atoms. The zero-order valence-corrected chi connectivity index (χ0v) is 16.0. The third kappa shape index (κ3) is 5.07. The highest BCUT2D eigenvalue weighted by Gasteiger charge is 2.23. The molecule has 6 nitrogen and oxygen atoms in total. The summed E-state index contributed by atoms with van der Waals surface area (Å²) in [5.74, 6) is 0.372. The minimum absolute atomic E-state index is 0.301. The molecule has 0 spiro atoms. The Kier molecular flexibility index (Phi) is 6.22. The number of rotatable bonds is 7. The van der Waals surface area contributed by atoms with Crippen LogP contribution in [0, 0.1) is 5.92 Å². The fraction of sp³-hybridized carbons (Fsp3) is 0.227. The number of hydrogen-bond donors (Lipinski definition) is 3. The van der Waals surface area contributed by atoms with Crippen molar-refractivity contribution in [3.05, 3.63) is 83.6 Å². The van der Waals surface area contributed by atoms with E-state index in [-0.39, 0.29) is 11.8 Å². The van der Waals surface area contributed by atoms with Gasteiger partial charge in [0.15, 0.2) is 0 Å². The number of aromatic amines is 1. The van der Waals surface area contributed by atoms with Crippen LogP contribution >= 0.6 is 0 Å². The molecule has 0 saturated heterocycles. The molecule has 6 heteroatoms. The Morgan fingerprint density at radius 3 is 2.32 bits per heavy atom. The predicted octanol–water partition coefficient (Wildman–Crippen LogP) is 3.72. The molecule has 3 rings (SSSR count). The molecule has 0 bridgehead atoms. The molecule has 2 aromatic carbocycles. The van der Waals surface area contributed by atoms with Crippen LogP contribution in [0.5, 0.6) is 0 Å². The van der Waals surface area contributed by atoms with Crippen molar-refractivity contribution in [2.24, 2.45) is 5.92 Å². The van der Waals surface area contributed by atoms with Gasteiger partial charge in [-0.25, -0.2) is 0 Å². The fourth-order valence-corrected chi connectivity index (χ4v) is 2.95. The van der Waals surface area contributed by atoms with Crippen LogP contribution in [0.1, 0.15) is 41.4 Å². The van der Waals surface area contributed by atoms with Crippen molar-refractivity contribution >= 4 is 17.6 Å². The summed E-state index contributed by atoms with van der Waals surface area (Å²) in [5.41, 5.74) is 2.40. The van der Waals surface area contributed by atoms with Gasteiger partial charge in [0.25, 0.3) is 11.8 Å². The van der Waals surface area contributed by atoms with Crippen LogP contribution in [-0.4, -0.2) is 22.0 Å². The number of carbonyl (C=O) groups is 2. The zero-order chi connectivity index (χ0) is 19.9. The van der Waals surface area contributed by atoms with Gasteiger partial charge in [0.1, 0.15) is 11.9 Å². The second kappa shape index (κ2) is 8.99. The molecule has 3 N–H and O–H groups in total. The molecule has 1 unspecified atom stereocenters. The Labute approximate surface area is 164 Å². The molecular weight excluding hydrogens is 352 g/mol. The molecule has 3 aromatic rings. The molecule has 2 amide bonds. The summed E-state index contributed by atoms with van der Waals surface area (Å²) in [6.45, 7) is 4.31. The fourth-order valence-electron chi connectivity index (χ4n) is 2.95. The molecular formula is C22H24N4O2. The quantitative estimate of drug-likeness (QED) is 0.587. The number of amides is 2. The number of nitrogens with zero attached hydrogens (tertiary/aromatic N) is 1. The Morgan fingerprint density at radius 2 is 1.71 bits per heavy atom. The number of benzene rings is 2. The number of H-pyrrole nitrogens is 1. The third-order valence-corrected chi connectivity index (χ3v) is 4.29. The number of nitrogens with one attached hydrogen (secondary N) is 3. The number of aromatic nitrogens is 2. The number of anilines is 1. The maximum Gasteiger partial charge on any atom is 0.252 e. The summed E-state index contributed by atoms with van der Waals surface area (Å²) >= 11 is 0. The highest BCUT2D eigenvalue weighted by atomic mass is 16.2. The van der Waals surface area contributed by atoms with Gasteiger partial charge in [0.05, 0.1) is 6.20 Å². The average Bonchev–Trinajstić information content (AvgIpc) is 3.19. The van der Waals surface area contributed by atoms with Gasteiger partial charge in [0, 0.05) is 11.6 Å². The lowest BCUT2D eigenvalue weighted by Gasteiger charge is -2.18. The van der Waals surface area contributed by atoms with Gasteiger partial charge in [-0.05, 0) is 35.6 Å². The summed E-state index contributed by atoms with van der Waals surface area (Å²) in [7, 11) is 0. The first-order valence-electron chi connectivity index (χ1n) is 9.28. The molecule has 0 saturated carbocycles. The second-order valence-corrected chi connectivity index (χ2v) is 7.07. The Balaban J connectivity index is 1.77. The van der Waals surface area contributed by atoms with E-state index in [1.807, 2.05) is 42.5 Å². The van der Waals surface area contributed by atoms with Crippen molar-refractivity contribution in [1.29, 1.82) is 0 Å². The lowest BCUT2D eigenvalue weighted by atomic mass is 10.0. The molecule has 0 aliphatic rings. The standard InChI is InChI=1S/C22H24N4O2/c1-15(2)14-16-8-10-18(11-9-16)21(27)25-20(17-6-4-3-5-7-17)22(28)24-19-12-13-23-26-19/h3-13,15,20H,14H2,1-2H3,(H,25,27)(H2,23,24,26,28). The van der Waals surface area contributed by atoms with Crippen molar-refractivity contribution in [2.75, 3.05) is 5.32 Å². The van der Waals surface area contributed by atoms with E-state index in [2.05, 4.69) is 34.7 Å². The van der Waals surface area contributed by atoms with E-state index in [1.165, 1.54) is 5.56 Å². The number of carbonyl (C=O) groups excluding carboxylic acids is 2. The van der Waals surface area contributed by atoms with E-state index in [0.717, 1.165) is 6.42 Å². The molecule has 1 aromatic heterocycles. The largest absolute Gasteiger partial charge is 0.336 e. The molecule has 0 aliphatic heterocycles. The molecule has 0 fully saturated rings. The van der Waals surface area contributed by atoms with Gasteiger partial charge in [-0.2, -0.15) is 5.10 Å². The van der Waals surface area contributed by atoms with Crippen molar-refractivity contribution in [3.63, 3.8) is 0 Å². The minimum atomic E-state index is -0.827. The predicted molar refractivity (Wildman–Crippen MR) is 109 cm³/mol. The van der Waals surface area contributed by atoms with Gasteiger partial charge in [0.2, 0.25) is 0 Å². The van der Waals surface area contributed by atoms with E-state index in [0.29, 0.717) is 22.9 Å². The molecule has 1 atom stereocenters. The molecule has 0 radical (unpaired) electrons. The highest BCUT2D eigenvalue weighted by molar-refractivity contribution is 6.01. The smallest absolute Gasteiger partial charge is 0.252 e. The van der Waals surface area contributed by atoms with Crippen molar-refractivity contribution in [1.82, 2.24) is 15.5 Å². The van der Waals surface area contributed by atoms with Crippen LogP contribution < -0.4 is 10.6 Å². The Hall–Kier alpha value is -3.41. The van der Waals surface area contributed by atoms with Crippen molar-refractivity contribution in [3.8, 4) is 0 Å². The van der Waals surface area contributed by atoms with E-state index in [4.69, 9.17) is 0 Å². The normalized spacial score (nSPS) is 11.8. The maximum absolute atomic E-state index is 12.8. The van der Waals surface area contributed by atoms with Crippen LogP contribution in [0.15, 0.2) is 66.9 Å². The number of hydrogen-bond acceptors (Lipinski definition) is 3. The second-order valence-electron chi connectivity index (χ2n) is 7.07. The maximum atomic E-state index is 12.8. The molecule has 1 heterocycles. The van der Waals surface area contributed by atoms with E-state index >= 15 is 0 Å². The third-order valence-electron chi connectivity index (χ3n) is 4.29. The minimum Gasteiger partial charge on any atom is -0.336 e. The first-order chi connectivity index (χ1) is 13.5. The van der Waals surface area contributed by atoms with Gasteiger partial charge in [-0.1, -0.05) is 56.3 Å². The van der Waals surface area contributed by atoms with Gasteiger partial charge < -0.3 is 10.6 Å². The summed E-state index contributed by atoms with van der Waals surface area (Å²) in [5, 5.41) is 12.1. The first-order valence-corrected chi connectivity index (χ1v) is 9.28. The van der Waals surface area contributed by atoms with Gasteiger partial charge >= 0.3 is 0 Å². The Bertz CT molecular complexity index is 903. The van der Waals surface area contributed by atoms with Crippen LogP contribution in [-0.2, 0) is 11.2 Å². The topological polar surface area (TPSA) is 86.9 Å². The monoisotopic (exact) mass is 376 g/mol. The van der Waals surface area contributed by atoms with Crippen molar-refractivity contribution in [2.45, 2.75) is 26.3 Å². The lowest BCUT2D eigenvalue weighted by molar-refractivity contribution is -0.118. The van der Waals surface area contributed by atoms with Gasteiger partial charge in [-0.15, -0.1) is 0 Å². The first kappa shape index (κ1) is 19.4. The Morgan fingerprint density at radius 1 is 1.00 bits per heavy atom. The van der Waals surface area contributed by atoms with Gasteiger partial charge in [-0.3, -0.25) is 14.7 Å². The SMILES string of the molecule is CC(C)Cc1ccc(C(=O)NC(C(=O)Nc2ccn[nH]2)c2ccccc2)cc1. The lowest BCUT2D eigenvalue weighted by Crippen LogP contribution is -2.37. The van der Waals surface area contributed by atoms with E-state index in [1.54, 1.807) is 24.4 Å². The van der Waals surface area contributed by atoms with E-state index in [9.17, 15) is 9.59 Å². The highest BCUT2D eigenvalue weighted by Crippen LogP contribution is 2.17. The van der Waals surface area contributed by atoms with Crippen LogP contribution in [0.3, 0.4) is 0 Å². The summed E-state index contributed by atoms with van der Waals surface area (Å²) in [6, 6.07) is 17.5. The summed E-state index contributed by atoms with van der Waals surface area (Å²) in [4.78, 5) is 25.5. The summed E-state index contributed by atoms with van der Waals surface area (Å²) < 4.78 is 0. The molecule has 0 aliphatic carbocycles. The van der Waals surface area contributed by atoms with Crippen molar-refractivity contribution < 1.29 is 9.59 Å². The van der Waals surface area contributed by atoms with E-state index < -0.39 is 6.04 Å². The van der Waals surface area contributed by atoms with Crippen LogP contribution in [0.4, 0.5) is 5.82 Å².